The van der Waals surface area contributed by atoms with Gasteiger partial charge in [-0.1, -0.05) is 29.0 Å². The molecule has 1 heterocycles. The Balaban J connectivity index is 1.55. The number of aryl methyl sites for hydroxylation is 3. The maximum atomic E-state index is 12.0. The molecule has 0 atom stereocenters. The zero-order chi connectivity index (χ0) is 19.6. The first kappa shape index (κ1) is 19.5. The number of nitrogens with one attached hydrogen (secondary N) is 2. The molecule has 2 N–H and O–H groups in total. The number of anilines is 1. The number of nitrogens with zero attached hydrogens (tertiary/aromatic N) is 1. The van der Waals surface area contributed by atoms with Crippen molar-refractivity contribution in [1.29, 1.82) is 0 Å². The second-order valence-electron chi connectivity index (χ2n) is 6.13. The molecule has 27 heavy (non-hydrogen) atoms. The molecule has 1 aromatic heterocycles. The molecule has 3 rings (SSSR count). The number of hydrogen-bond acceptors (Lipinski definition) is 5. The fourth-order valence-corrected chi connectivity index (χ4v) is 3.73. The van der Waals surface area contributed by atoms with Gasteiger partial charge in [0.05, 0.1) is 10.2 Å². The first-order valence-electron chi connectivity index (χ1n) is 8.19. The summed E-state index contributed by atoms with van der Waals surface area (Å²) in [5.74, 6) is 0.302. The smallest absolute Gasteiger partial charge is 0.264 e. The van der Waals surface area contributed by atoms with Crippen LogP contribution in [0, 0.1) is 20.8 Å². The Hall–Kier alpha value is -2.22. The van der Waals surface area contributed by atoms with Crippen molar-refractivity contribution in [2.45, 2.75) is 20.8 Å². The Bertz CT molecular complexity index is 994. The number of fused-ring (bicyclic) bond motifs is 1. The molecule has 0 aliphatic rings. The fourth-order valence-electron chi connectivity index (χ4n) is 2.35. The van der Waals surface area contributed by atoms with Crippen LogP contribution in [0.15, 0.2) is 30.3 Å². The van der Waals surface area contributed by atoms with Gasteiger partial charge in [-0.2, -0.15) is 0 Å². The van der Waals surface area contributed by atoms with E-state index in [1.54, 1.807) is 0 Å². The van der Waals surface area contributed by atoms with E-state index in [-0.39, 0.29) is 17.6 Å². The first-order valence-corrected chi connectivity index (χ1v) is 9.79. The van der Waals surface area contributed by atoms with E-state index in [2.05, 4.69) is 15.6 Å². The third kappa shape index (κ3) is 4.94. The average molecular weight is 420 g/mol. The quantitative estimate of drug-likeness (QED) is 0.596. The van der Waals surface area contributed by atoms with E-state index >= 15 is 0 Å². The molecule has 0 aliphatic carbocycles. The van der Waals surface area contributed by atoms with E-state index in [4.69, 9.17) is 28.6 Å². The standard InChI is InChI=1S/C19H18ClN3O2S2/c1-10-4-5-13(6-11(10)2)25-9-17(24)22-18(26)23-19-21-15-8-14(20)12(3)7-16(15)27-19/h4-8H,9H2,1-3H3,(H2,21,22,23,24,26). The van der Waals surface area contributed by atoms with Gasteiger partial charge in [-0.3, -0.25) is 10.1 Å². The van der Waals surface area contributed by atoms with E-state index < -0.39 is 0 Å². The van der Waals surface area contributed by atoms with Crippen LogP contribution in [0.3, 0.4) is 0 Å². The molecule has 5 nitrogen and oxygen atoms in total. The number of aromatic nitrogens is 1. The maximum absolute atomic E-state index is 12.0. The Morgan fingerprint density at radius 3 is 2.70 bits per heavy atom. The lowest BCUT2D eigenvalue weighted by Crippen LogP contribution is -2.37. The van der Waals surface area contributed by atoms with Gasteiger partial charge >= 0.3 is 0 Å². The summed E-state index contributed by atoms with van der Waals surface area (Å²) < 4.78 is 6.49. The second kappa shape index (κ2) is 8.21. The van der Waals surface area contributed by atoms with E-state index in [1.807, 2.05) is 51.1 Å². The summed E-state index contributed by atoms with van der Waals surface area (Å²) in [6.07, 6.45) is 0. The Morgan fingerprint density at radius 2 is 1.96 bits per heavy atom. The minimum atomic E-state index is -0.342. The van der Waals surface area contributed by atoms with Crippen molar-refractivity contribution < 1.29 is 9.53 Å². The van der Waals surface area contributed by atoms with Gasteiger partial charge < -0.3 is 10.1 Å². The summed E-state index contributed by atoms with van der Waals surface area (Å²) >= 11 is 12.7. The van der Waals surface area contributed by atoms with Crippen molar-refractivity contribution in [3.8, 4) is 5.75 Å². The van der Waals surface area contributed by atoms with Crippen molar-refractivity contribution in [3.05, 3.63) is 52.0 Å². The molecule has 0 aliphatic heterocycles. The lowest BCUT2D eigenvalue weighted by atomic mass is 10.1. The SMILES string of the molecule is Cc1ccc(OCC(=O)NC(=S)Nc2nc3cc(Cl)c(C)cc3s2)cc1C. The van der Waals surface area contributed by atoms with Crippen LogP contribution in [-0.2, 0) is 4.79 Å². The van der Waals surface area contributed by atoms with Gasteiger partial charge in [-0.25, -0.2) is 4.98 Å². The number of ether oxygens (including phenoxy) is 1. The lowest BCUT2D eigenvalue weighted by Gasteiger charge is -2.09. The molecular formula is C19H18ClN3O2S2. The number of hydrogen-bond donors (Lipinski definition) is 2. The summed E-state index contributed by atoms with van der Waals surface area (Å²) in [5, 5.41) is 6.94. The number of benzene rings is 2. The maximum Gasteiger partial charge on any atom is 0.264 e. The number of carbonyl (C=O) groups is 1. The lowest BCUT2D eigenvalue weighted by molar-refractivity contribution is -0.121. The topological polar surface area (TPSA) is 63.2 Å². The van der Waals surface area contributed by atoms with E-state index in [1.165, 1.54) is 16.9 Å². The van der Waals surface area contributed by atoms with Crippen LogP contribution in [-0.4, -0.2) is 22.6 Å². The zero-order valence-electron chi connectivity index (χ0n) is 15.1. The molecule has 8 heteroatoms. The summed E-state index contributed by atoms with van der Waals surface area (Å²) in [5.41, 5.74) is 4.05. The minimum Gasteiger partial charge on any atom is -0.484 e. The zero-order valence-corrected chi connectivity index (χ0v) is 17.4. The molecule has 0 unspecified atom stereocenters. The Kier molecular flexibility index (Phi) is 5.94. The number of amides is 1. The minimum absolute atomic E-state index is 0.126. The molecule has 3 aromatic rings. The van der Waals surface area contributed by atoms with Crippen molar-refractivity contribution in [3.63, 3.8) is 0 Å². The number of thiazole rings is 1. The van der Waals surface area contributed by atoms with Gasteiger partial charge in [-0.05, 0) is 73.9 Å². The van der Waals surface area contributed by atoms with Crippen LogP contribution in [0.2, 0.25) is 5.02 Å². The Labute approximate surface area is 171 Å². The predicted octanol–water partition coefficient (Wildman–Crippen LogP) is 4.77. The van der Waals surface area contributed by atoms with E-state index in [9.17, 15) is 4.79 Å². The summed E-state index contributed by atoms with van der Waals surface area (Å²) in [6.45, 7) is 5.83. The molecule has 0 fully saturated rings. The first-order chi connectivity index (χ1) is 12.8. The summed E-state index contributed by atoms with van der Waals surface area (Å²) in [7, 11) is 0. The van der Waals surface area contributed by atoms with Crippen LogP contribution in [0.1, 0.15) is 16.7 Å². The summed E-state index contributed by atoms with van der Waals surface area (Å²) in [6, 6.07) is 9.47. The molecule has 0 saturated carbocycles. The van der Waals surface area contributed by atoms with Gasteiger partial charge in [0.2, 0.25) is 0 Å². The highest BCUT2D eigenvalue weighted by Gasteiger charge is 2.10. The van der Waals surface area contributed by atoms with Crippen LogP contribution in [0.5, 0.6) is 5.75 Å². The number of rotatable bonds is 4. The average Bonchev–Trinajstić information content (AvgIpc) is 2.97. The second-order valence-corrected chi connectivity index (χ2v) is 7.97. The fraction of sp³-hybridized carbons (Fsp3) is 0.211. The molecular weight excluding hydrogens is 402 g/mol. The third-order valence-corrected chi connectivity index (χ3v) is 5.54. The van der Waals surface area contributed by atoms with E-state index in [0.717, 1.165) is 21.3 Å². The normalized spacial score (nSPS) is 10.7. The molecule has 0 spiro atoms. The van der Waals surface area contributed by atoms with Crippen LogP contribution < -0.4 is 15.4 Å². The molecule has 0 bridgehead atoms. The highest BCUT2D eigenvalue weighted by Crippen LogP contribution is 2.30. The highest BCUT2D eigenvalue weighted by molar-refractivity contribution is 7.80. The molecule has 0 saturated heterocycles. The molecule has 1 amide bonds. The largest absolute Gasteiger partial charge is 0.484 e. The number of carbonyl (C=O) groups excluding carboxylic acids is 1. The Morgan fingerprint density at radius 1 is 1.19 bits per heavy atom. The van der Waals surface area contributed by atoms with Crippen molar-refractivity contribution in [2.24, 2.45) is 0 Å². The van der Waals surface area contributed by atoms with Crippen LogP contribution >= 0.6 is 35.2 Å². The van der Waals surface area contributed by atoms with Crippen LogP contribution in [0.25, 0.3) is 10.2 Å². The molecule has 2 aromatic carbocycles. The van der Waals surface area contributed by atoms with Gasteiger partial charge in [0.25, 0.3) is 5.91 Å². The van der Waals surface area contributed by atoms with Gasteiger partial charge in [0.15, 0.2) is 16.9 Å². The highest BCUT2D eigenvalue weighted by atomic mass is 35.5. The number of thiocarbonyl (C=S) groups is 1. The van der Waals surface area contributed by atoms with Crippen LogP contribution in [0.4, 0.5) is 5.13 Å². The van der Waals surface area contributed by atoms with Gasteiger partial charge in [0.1, 0.15) is 5.75 Å². The van der Waals surface area contributed by atoms with Gasteiger partial charge in [0, 0.05) is 5.02 Å². The molecule has 140 valence electrons. The third-order valence-electron chi connectivity index (χ3n) is 3.99. The molecule has 0 radical (unpaired) electrons. The summed E-state index contributed by atoms with van der Waals surface area (Å²) in [4.78, 5) is 16.5. The predicted molar refractivity (Wildman–Crippen MR) is 115 cm³/mol. The van der Waals surface area contributed by atoms with Crippen molar-refractivity contribution in [1.82, 2.24) is 10.3 Å². The van der Waals surface area contributed by atoms with Crippen molar-refractivity contribution in [2.75, 3.05) is 11.9 Å². The monoisotopic (exact) mass is 419 g/mol. The van der Waals surface area contributed by atoms with Crippen molar-refractivity contribution >= 4 is 61.5 Å². The van der Waals surface area contributed by atoms with E-state index in [0.29, 0.717) is 15.9 Å². The van der Waals surface area contributed by atoms with Gasteiger partial charge in [-0.15, -0.1) is 0 Å². The number of halogens is 1.